The van der Waals surface area contributed by atoms with Crippen LogP contribution >= 0.6 is 0 Å². The zero-order chi connectivity index (χ0) is 15.8. The number of carbonyl (C=O) groups is 1. The van der Waals surface area contributed by atoms with Gasteiger partial charge in [-0.1, -0.05) is 12.1 Å². The number of hydrogen-bond donors (Lipinski definition) is 2. The summed E-state index contributed by atoms with van der Waals surface area (Å²) in [6.45, 7) is 0.419. The van der Waals surface area contributed by atoms with Gasteiger partial charge in [0.2, 0.25) is 0 Å². The van der Waals surface area contributed by atoms with E-state index in [9.17, 15) is 4.79 Å². The van der Waals surface area contributed by atoms with E-state index in [1.165, 1.54) is 6.21 Å². The summed E-state index contributed by atoms with van der Waals surface area (Å²) >= 11 is 0. The molecule has 0 fully saturated rings. The van der Waals surface area contributed by atoms with Crippen molar-refractivity contribution in [3.8, 4) is 11.8 Å². The highest BCUT2D eigenvalue weighted by Crippen LogP contribution is 2.14. The number of nitrogens with two attached hydrogens (primary N) is 1. The summed E-state index contributed by atoms with van der Waals surface area (Å²) in [7, 11) is 0. The smallest absolute Gasteiger partial charge is 0.332 e. The molecule has 0 spiro atoms. The minimum absolute atomic E-state index is 0.419. The lowest BCUT2D eigenvalue weighted by Gasteiger charge is -2.06. The fourth-order valence-electron chi connectivity index (χ4n) is 1.66. The molecule has 2 aromatic rings. The molecule has 22 heavy (non-hydrogen) atoms. The largest absolute Gasteiger partial charge is 0.489 e. The van der Waals surface area contributed by atoms with Crippen molar-refractivity contribution in [2.24, 2.45) is 10.8 Å². The molecule has 110 valence electrons. The first-order chi connectivity index (χ1) is 10.7. The number of carbonyl (C=O) groups excluding carboxylic acids is 1. The fourth-order valence-corrected chi connectivity index (χ4v) is 1.66. The summed E-state index contributed by atoms with van der Waals surface area (Å²) in [5.41, 5.74) is 9.42. The van der Waals surface area contributed by atoms with Crippen LogP contribution in [0, 0.1) is 11.3 Å². The van der Waals surface area contributed by atoms with Crippen molar-refractivity contribution in [1.29, 1.82) is 5.26 Å². The van der Waals surface area contributed by atoms with E-state index in [0.29, 0.717) is 17.9 Å². The van der Waals surface area contributed by atoms with Gasteiger partial charge in [0, 0.05) is 0 Å². The first kappa shape index (κ1) is 15.1. The molecule has 0 unspecified atom stereocenters. The first-order valence-corrected chi connectivity index (χ1v) is 6.48. The van der Waals surface area contributed by atoms with Gasteiger partial charge in [-0.05, 0) is 47.5 Å². The highest BCUT2D eigenvalue weighted by molar-refractivity contribution is 5.81. The fraction of sp³-hybridized carbons (Fsp3) is 0.0625. The van der Waals surface area contributed by atoms with Crippen molar-refractivity contribution in [3.05, 3.63) is 65.2 Å². The zero-order valence-corrected chi connectivity index (χ0v) is 11.7. The van der Waals surface area contributed by atoms with Gasteiger partial charge in [0.1, 0.15) is 12.4 Å². The minimum Gasteiger partial charge on any atom is -0.489 e. The Kier molecular flexibility index (Phi) is 5.10. The van der Waals surface area contributed by atoms with E-state index < -0.39 is 6.03 Å². The molecule has 2 amide bonds. The summed E-state index contributed by atoms with van der Waals surface area (Å²) in [6.07, 6.45) is 1.48. The maximum Gasteiger partial charge on any atom is 0.332 e. The number of hydrogen-bond acceptors (Lipinski definition) is 4. The lowest BCUT2D eigenvalue weighted by Crippen LogP contribution is -2.24. The van der Waals surface area contributed by atoms with Crippen molar-refractivity contribution in [2.45, 2.75) is 6.61 Å². The van der Waals surface area contributed by atoms with Crippen LogP contribution in [0.3, 0.4) is 0 Å². The van der Waals surface area contributed by atoms with Gasteiger partial charge in [0.25, 0.3) is 0 Å². The number of rotatable bonds is 5. The van der Waals surface area contributed by atoms with Crippen LogP contribution in [-0.4, -0.2) is 12.2 Å². The number of hydrazone groups is 1. The number of primary amides is 1. The van der Waals surface area contributed by atoms with Gasteiger partial charge in [-0.2, -0.15) is 10.4 Å². The van der Waals surface area contributed by atoms with Gasteiger partial charge in [-0.3, -0.25) is 0 Å². The van der Waals surface area contributed by atoms with Gasteiger partial charge < -0.3 is 10.5 Å². The van der Waals surface area contributed by atoms with Gasteiger partial charge >= 0.3 is 6.03 Å². The number of amides is 2. The summed E-state index contributed by atoms with van der Waals surface area (Å²) in [6, 6.07) is 15.8. The molecule has 0 aliphatic heterocycles. The number of benzene rings is 2. The third-order valence-electron chi connectivity index (χ3n) is 2.76. The third-order valence-corrected chi connectivity index (χ3v) is 2.76. The minimum atomic E-state index is -0.710. The second-order valence-electron chi connectivity index (χ2n) is 4.40. The maximum absolute atomic E-state index is 10.5. The quantitative estimate of drug-likeness (QED) is 0.652. The first-order valence-electron chi connectivity index (χ1n) is 6.48. The van der Waals surface area contributed by atoms with Gasteiger partial charge in [0.05, 0.1) is 17.8 Å². The van der Waals surface area contributed by atoms with Crippen LogP contribution in [0.15, 0.2) is 53.6 Å². The molecule has 2 rings (SSSR count). The molecule has 3 N–H and O–H groups in total. The highest BCUT2D eigenvalue weighted by Gasteiger charge is 1.97. The van der Waals surface area contributed by atoms with E-state index in [-0.39, 0.29) is 0 Å². The monoisotopic (exact) mass is 294 g/mol. The lowest BCUT2D eigenvalue weighted by atomic mass is 10.1. The predicted molar refractivity (Wildman–Crippen MR) is 82.2 cm³/mol. The Labute approximate surface area is 127 Å². The van der Waals surface area contributed by atoms with E-state index in [1.54, 1.807) is 36.4 Å². The Bertz CT molecular complexity index is 700. The van der Waals surface area contributed by atoms with E-state index in [1.807, 2.05) is 12.1 Å². The van der Waals surface area contributed by atoms with E-state index >= 15 is 0 Å². The van der Waals surface area contributed by atoms with Crippen molar-refractivity contribution < 1.29 is 9.53 Å². The van der Waals surface area contributed by atoms with Crippen LogP contribution in [0.5, 0.6) is 5.75 Å². The maximum atomic E-state index is 10.5. The number of urea groups is 1. The summed E-state index contributed by atoms with van der Waals surface area (Å²) < 4.78 is 5.65. The Morgan fingerprint density at radius 1 is 1.23 bits per heavy atom. The Hall–Kier alpha value is -3.33. The molecule has 0 radical (unpaired) electrons. The summed E-state index contributed by atoms with van der Waals surface area (Å²) in [5, 5.41) is 12.4. The molecule has 0 heterocycles. The number of nitrogens with zero attached hydrogens (tertiary/aromatic N) is 2. The average Bonchev–Trinajstić information content (AvgIpc) is 2.54. The number of nitriles is 1. The zero-order valence-electron chi connectivity index (χ0n) is 11.7. The summed E-state index contributed by atoms with van der Waals surface area (Å²) in [5.74, 6) is 0.712. The van der Waals surface area contributed by atoms with E-state index in [4.69, 9.17) is 15.7 Å². The second-order valence-corrected chi connectivity index (χ2v) is 4.40. The number of ether oxygens (including phenoxy) is 1. The summed E-state index contributed by atoms with van der Waals surface area (Å²) in [4.78, 5) is 10.5. The standard InChI is InChI=1S/C16H14N4O2/c17-9-12-1-3-14(4-2-12)11-22-15-7-5-13(6-8-15)10-19-20-16(18)21/h1-8,10H,11H2,(H3,18,20,21). The Balaban J connectivity index is 1.89. The predicted octanol–water partition coefficient (Wildman–Crippen LogP) is 2.14. The van der Waals surface area contributed by atoms with Crippen LogP contribution in [0.25, 0.3) is 0 Å². The molecule has 0 atom stereocenters. The molecule has 2 aromatic carbocycles. The molecular weight excluding hydrogens is 280 g/mol. The van der Waals surface area contributed by atoms with Crippen LogP contribution in [0.4, 0.5) is 4.79 Å². The van der Waals surface area contributed by atoms with E-state index in [2.05, 4.69) is 16.6 Å². The third kappa shape index (κ3) is 4.65. The molecule has 0 saturated heterocycles. The molecule has 0 aliphatic carbocycles. The molecule has 0 bridgehead atoms. The molecule has 0 aliphatic rings. The Morgan fingerprint density at radius 2 is 1.91 bits per heavy atom. The molecule has 0 aromatic heterocycles. The van der Waals surface area contributed by atoms with Gasteiger partial charge in [-0.15, -0.1) is 0 Å². The highest BCUT2D eigenvalue weighted by atomic mass is 16.5. The van der Waals surface area contributed by atoms with Gasteiger partial charge in [-0.25, -0.2) is 10.2 Å². The van der Waals surface area contributed by atoms with Crippen LogP contribution in [0.2, 0.25) is 0 Å². The molecule has 6 nitrogen and oxygen atoms in total. The van der Waals surface area contributed by atoms with Crippen LogP contribution < -0.4 is 15.9 Å². The topological polar surface area (TPSA) is 100 Å². The van der Waals surface area contributed by atoms with Gasteiger partial charge in [0.15, 0.2) is 0 Å². The second kappa shape index (κ2) is 7.45. The average molecular weight is 294 g/mol. The Morgan fingerprint density at radius 3 is 2.50 bits per heavy atom. The van der Waals surface area contributed by atoms with Crippen LogP contribution in [-0.2, 0) is 6.61 Å². The molecular formula is C16H14N4O2. The molecule has 0 saturated carbocycles. The number of nitrogens with one attached hydrogen (secondary N) is 1. The van der Waals surface area contributed by atoms with Crippen molar-refractivity contribution in [3.63, 3.8) is 0 Å². The van der Waals surface area contributed by atoms with Crippen LogP contribution in [0.1, 0.15) is 16.7 Å². The van der Waals surface area contributed by atoms with E-state index in [0.717, 1.165) is 11.1 Å². The van der Waals surface area contributed by atoms with Crippen molar-refractivity contribution in [2.75, 3.05) is 0 Å². The lowest BCUT2D eigenvalue weighted by molar-refractivity contribution is 0.249. The van der Waals surface area contributed by atoms with Crippen molar-refractivity contribution in [1.82, 2.24) is 5.43 Å². The SMILES string of the molecule is N#Cc1ccc(COc2ccc(C=NNC(N)=O)cc2)cc1. The van der Waals surface area contributed by atoms with Crippen molar-refractivity contribution >= 4 is 12.2 Å². The molecule has 6 heteroatoms. The normalized spacial score (nSPS) is 10.1.